The summed E-state index contributed by atoms with van der Waals surface area (Å²) in [4.78, 5) is 15.3. The average molecular weight is 1070 g/mol. The van der Waals surface area contributed by atoms with E-state index in [2.05, 4.69) is 268 Å². The van der Waals surface area contributed by atoms with Crippen molar-refractivity contribution in [2.75, 3.05) is 0 Å². The molecule has 0 spiro atoms. The number of benzene rings is 12. The fraction of sp³-hybridized carbons (Fsp3) is 0. The molecule has 394 valence electrons. The minimum atomic E-state index is 0.585. The molecule has 0 fully saturated rings. The Hall–Kier alpha value is -11.6. The fourth-order valence-corrected chi connectivity index (χ4v) is 12.5. The van der Waals surface area contributed by atoms with Crippen LogP contribution in [0.3, 0.4) is 0 Å². The number of fused-ring (bicyclic) bond motifs is 13. The topological polar surface area (TPSA) is 58.4 Å². The van der Waals surface area contributed by atoms with Gasteiger partial charge in [0.25, 0.3) is 0 Å². The first-order valence-corrected chi connectivity index (χ1v) is 28.1. The van der Waals surface area contributed by atoms with Crippen LogP contribution in [0.25, 0.3) is 144 Å². The molecule has 0 unspecified atom stereocenters. The zero-order valence-electron chi connectivity index (χ0n) is 45.6. The van der Waals surface area contributed by atoms with Crippen molar-refractivity contribution in [3.63, 3.8) is 0 Å². The molecule has 84 heavy (non-hydrogen) atoms. The Kier molecular flexibility index (Phi) is 12.3. The van der Waals surface area contributed by atoms with E-state index in [1.54, 1.807) is 0 Å². The third-order valence-corrected chi connectivity index (χ3v) is 16.1. The summed E-state index contributed by atoms with van der Waals surface area (Å²) in [5.74, 6) is 1.86. The lowest BCUT2D eigenvalue weighted by Crippen LogP contribution is -2.07. The van der Waals surface area contributed by atoms with Gasteiger partial charge in [-0.25, -0.2) is 4.98 Å². The van der Waals surface area contributed by atoms with Crippen LogP contribution in [0.1, 0.15) is 0 Å². The predicted octanol–water partition coefficient (Wildman–Crippen LogP) is 19.2. The van der Waals surface area contributed by atoms with Crippen molar-refractivity contribution in [1.29, 1.82) is 0 Å². The van der Waals surface area contributed by atoms with Crippen LogP contribution in [-0.4, -0.2) is 33.2 Å². The van der Waals surface area contributed by atoms with Gasteiger partial charge in [-0.15, -0.1) is 12.8 Å². The van der Waals surface area contributed by atoms with Crippen molar-refractivity contribution < 1.29 is 0 Å². The summed E-state index contributed by atoms with van der Waals surface area (Å²) < 4.78 is 9.34. The van der Waals surface area contributed by atoms with Gasteiger partial charge in [-0.3, -0.25) is 4.57 Å². The fourth-order valence-electron chi connectivity index (χ4n) is 12.5. The van der Waals surface area contributed by atoms with Gasteiger partial charge < -0.3 is 13.7 Å². The summed E-state index contributed by atoms with van der Waals surface area (Å²) in [6.07, 6.45) is 8.00. The number of rotatable bonds is 7. The maximum Gasteiger partial charge on any atom is 0.238 e. The summed E-state index contributed by atoms with van der Waals surface area (Å²) in [6, 6.07) is 105. The molecule has 17 aromatic rings. The molecule has 0 aliphatic heterocycles. The van der Waals surface area contributed by atoms with Crippen molar-refractivity contribution in [3.8, 4) is 69.8 Å². The highest BCUT2D eigenvalue weighted by atomic mass is 15.2. The molecular weight excluding hydrogens is 1020 g/mol. The lowest BCUT2D eigenvalue weighted by atomic mass is 10.0. The molecule has 0 radical (unpaired) electrons. The summed E-state index contributed by atoms with van der Waals surface area (Å²) >= 11 is 0. The molecule has 0 saturated heterocycles. The normalized spacial score (nSPS) is 11.4. The molecule has 0 saturated carbocycles. The second kappa shape index (κ2) is 20.8. The van der Waals surface area contributed by atoms with Gasteiger partial charge in [0.15, 0.2) is 11.6 Å². The summed E-state index contributed by atoms with van der Waals surface area (Å²) in [5.41, 5.74) is 17.1. The van der Waals surface area contributed by atoms with E-state index >= 15 is 0 Å². The highest BCUT2D eigenvalue weighted by Crippen LogP contribution is 2.43. The number of aromatic nitrogens is 7. The Morgan fingerprint density at radius 2 is 0.512 bits per heavy atom. The summed E-state index contributed by atoms with van der Waals surface area (Å²) in [5, 5.41) is 9.78. The number of para-hydroxylation sites is 7. The molecule has 0 atom stereocenters. The van der Waals surface area contributed by atoms with E-state index in [4.69, 9.17) is 15.0 Å². The number of hydrogen-bond acceptors (Lipinski definition) is 3. The number of hydrogen-bond donors (Lipinski definition) is 0. The van der Waals surface area contributed by atoms with E-state index in [0.717, 1.165) is 49.7 Å². The molecule has 0 N–H and O–H groups in total. The van der Waals surface area contributed by atoms with Crippen molar-refractivity contribution in [3.05, 3.63) is 297 Å². The number of nitrogens with zero attached hydrogens (tertiary/aromatic N) is 7. The van der Waals surface area contributed by atoms with Crippen molar-refractivity contribution in [1.82, 2.24) is 33.2 Å². The zero-order valence-corrected chi connectivity index (χ0v) is 45.6. The first-order chi connectivity index (χ1) is 41.7. The molecule has 5 heterocycles. The van der Waals surface area contributed by atoms with E-state index < -0.39 is 0 Å². The molecule has 5 aromatic heterocycles. The van der Waals surface area contributed by atoms with Gasteiger partial charge >= 0.3 is 0 Å². The molecule has 17 rings (SSSR count). The monoisotopic (exact) mass is 1070 g/mol. The lowest BCUT2D eigenvalue weighted by molar-refractivity contribution is 0.953. The summed E-state index contributed by atoms with van der Waals surface area (Å²) in [6.45, 7) is 0. The van der Waals surface area contributed by atoms with E-state index in [-0.39, 0.29) is 0 Å². The lowest BCUT2D eigenvalue weighted by Gasteiger charge is -2.13. The van der Waals surface area contributed by atoms with E-state index in [1.165, 1.54) is 76.9 Å². The van der Waals surface area contributed by atoms with Gasteiger partial charge in [-0.2, -0.15) is 9.97 Å². The van der Waals surface area contributed by atoms with E-state index in [0.29, 0.717) is 17.6 Å². The third kappa shape index (κ3) is 8.20. The Morgan fingerprint density at radius 3 is 0.917 bits per heavy atom. The average Bonchev–Trinajstić information content (AvgIpc) is 3.67. The van der Waals surface area contributed by atoms with Crippen molar-refractivity contribution >= 4 is 87.2 Å². The maximum atomic E-state index is 5.17. The Morgan fingerprint density at radius 1 is 0.214 bits per heavy atom. The Labute approximate surface area is 484 Å². The quantitative estimate of drug-likeness (QED) is 0.149. The van der Waals surface area contributed by atoms with Gasteiger partial charge in [0, 0.05) is 71.3 Å². The van der Waals surface area contributed by atoms with E-state index in [1.807, 2.05) is 60.7 Å². The van der Waals surface area contributed by atoms with Gasteiger partial charge in [-0.1, -0.05) is 212 Å². The standard InChI is InChI=1S/C39H25N5.C36H24N2.C2H2/c1-4-14-26(15-5-1)37-40-38(27-16-6-2-7-17-27)42-39(41-37)44-34-23-13-11-21-30(34)32-25-24-31-29-20-10-12-22-33(29)43(35(31)36(32)44)28-18-8-3-9-19-28;1-3-11-27(12-4-1)37-33-17-9-7-15-29(33)31-23-25(19-21-35(31)37)26-20-22-36-32(24-26)30-16-8-10-18-34(30)38(36)28-13-5-2-6-14-28;1-2/h1-25H;1-24H;1-2H. The highest BCUT2D eigenvalue weighted by molar-refractivity contribution is 6.24. The second-order valence-corrected chi connectivity index (χ2v) is 20.8. The molecule has 12 aromatic carbocycles. The first kappa shape index (κ1) is 49.5. The molecule has 7 nitrogen and oxygen atoms in total. The number of terminal acetylenes is 1. The smallest absolute Gasteiger partial charge is 0.238 e. The molecule has 0 aliphatic rings. The third-order valence-electron chi connectivity index (χ3n) is 16.1. The second-order valence-electron chi connectivity index (χ2n) is 20.8. The zero-order chi connectivity index (χ0) is 56.1. The largest absolute Gasteiger partial charge is 0.309 e. The molecule has 0 bridgehead atoms. The molecule has 7 heteroatoms. The van der Waals surface area contributed by atoms with Crippen molar-refractivity contribution in [2.24, 2.45) is 0 Å². The Balaban J connectivity index is 0.000000140. The molecular formula is C77H51N7. The minimum Gasteiger partial charge on any atom is -0.309 e. The first-order valence-electron chi connectivity index (χ1n) is 28.1. The van der Waals surface area contributed by atoms with Gasteiger partial charge in [0.2, 0.25) is 5.95 Å². The Bertz CT molecular complexity index is 5090. The highest BCUT2D eigenvalue weighted by Gasteiger charge is 2.24. The predicted molar refractivity (Wildman–Crippen MR) is 350 cm³/mol. The van der Waals surface area contributed by atoms with Crippen LogP contribution < -0.4 is 0 Å². The SMILES string of the molecule is C#C.c1ccc(-c2nc(-c3ccccc3)nc(-n3c4ccccc4c4ccc5c6ccccc6n(-c6ccccc6)c5c43)n2)cc1.c1ccc(-n2c3ccccc3c3cc(-c4ccc5c(c4)c4ccccc4n5-c4ccccc4)ccc32)cc1. The molecule has 0 amide bonds. The van der Waals surface area contributed by atoms with Crippen LogP contribution in [0.15, 0.2) is 297 Å². The van der Waals surface area contributed by atoms with Crippen LogP contribution in [0.5, 0.6) is 0 Å². The van der Waals surface area contributed by atoms with Gasteiger partial charge in [-0.05, 0) is 96.1 Å². The van der Waals surface area contributed by atoms with Crippen LogP contribution >= 0.6 is 0 Å². The van der Waals surface area contributed by atoms with E-state index in [9.17, 15) is 0 Å². The van der Waals surface area contributed by atoms with Gasteiger partial charge in [0.05, 0.1) is 44.1 Å². The minimum absolute atomic E-state index is 0.585. The maximum absolute atomic E-state index is 5.17. The van der Waals surface area contributed by atoms with Crippen LogP contribution in [0, 0.1) is 12.8 Å². The van der Waals surface area contributed by atoms with Gasteiger partial charge in [0.1, 0.15) is 0 Å². The molecule has 0 aliphatic carbocycles. The van der Waals surface area contributed by atoms with Crippen LogP contribution in [-0.2, 0) is 0 Å². The van der Waals surface area contributed by atoms with Crippen LogP contribution in [0.4, 0.5) is 0 Å². The van der Waals surface area contributed by atoms with Crippen LogP contribution in [0.2, 0.25) is 0 Å². The van der Waals surface area contributed by atoms with Crippen molar-refractivity contribution in [2.45, 2.75) is 0 Å². The summed E-state index contributed by atoms with van der Waals surface area (Å²) in [7, 11) is 0.